The molecule has 0 amide bonds. The highest BCUT2D eigenvalue weighted by Gasteiger charge is 2.34. The Balaban J connectivity index is 2.17. The van der Waals surface area contributed by atoms with Crippen molar-refractivity contribution in [2.45, 2.75) is 32.9 Å². The van der Waals surface area contributed by atoms with Gasteiger partial charge in [-0.1, -0.05) is 61.9 Å². The van der Waals surface area contributed by atoms with E-state index >= 15 is 0 Å². The second kappa shape index (κ2) is 8.17. The highest BCUT2D eigenvalue weighted by Crippen LogP contribution is 2.59. The zero-order valence-corrected chi connectivity index (χ0v) is 16.6. The highest BCUT2D eigenvalue weighted by atomic mass is 31.1. The van der Waals surface area contributed by atoms with E-state index in [0.717, 1.165) is 25.3 Å². The summed E-state index contributed by atoms with van der Waals surface area (Å²) in [5.74, 6) is 1.01. The van der Waals surface area contributed by atoms with Gasteiger partial charge in [-0.05, 0) is 49.7 Å². The number of benzene rings is 2. The summed E-state index contributed by atoms with van der Waals surface area (Å²) in [5.41, 5.74) is 4.87. The Morgan fingerprint density at radius 3 is 2.44 bits per heavy atom. The van der Waals surface area contributed by atoms with Crippen molar-refractivity contribution in [1.29, 1.82) is 0 Å². The van der Waals surface area contributed by atoms with E-state index in [1.165, 1.54) is 22.0 Å². The van der Waals surface area contributed by atoms with Crippen molar-refractivity contribution >= 4 is 13.4 Å². The summed E-state index contributed by atoms with van der Waals surface area (Å²) in [4.78, 5) is 0. The van der Waals surface area contributed by atoms with Crippen LogP contribution < -0.4 is 10.0 Å². The molecule has 0 N–H and O–H groups in total. The zero-order valence-electron chi connectivity index (χ0n) is 15.7. The molecule has 25 heavy (non-hydrogen) atoms. The van der Waals surface area contributed by atoms with Gasteiger partial charge >= 0.3 is 0 Å². The third-order valence-corrected chi connectivity index (χ3v) is 8.25. The van der Waals surface area contributed by atoms with Gasteiger partial charge in [0, 0.05) is 19.0 Å². The number of hydrogen-bond acceptors (Lipinski definition) is 2. The van der Waals surface area contributed by atoms with Gasteiger partial charge in [-0.15, -0.1) is 0 Å². The Bertz CT molecular complexity index is 751. The molecule has 0 spiro atoms. The Morgan fingerprint density at radius 1 is 1.04 bits per heavy atom. The molecule has 0 saturated carbocycles. The predicted molar refractivity (Wildman–Crippen MR) is 109 cm³/mol. The average Bonchev–Trinajstić information content (AvgIpc) is 2.67. The Hall–Kier alpha value is -1.63. The Labute approximate surface area is 153 Å². The molecule has 3 rings (SSSR count). The number of hydrogen-bond donors (Lipinski definition) is 0. The second-order valence-corrected chi connectivity index (χ2v) is 8.66. The monoisotopic (exact) mass is 353 g/mol. The minimum absolute atomic E-state index is 0.427. The minimum atomic E-state index is -0.550. The van der Waals surface area contributed by atoms with E-state index in [1.54, 1.807) is 7.11 Å². The quantitative estimate of drug-likeness (QED) is 0.516. The highest BCUT2D eigenvalue weighted by molar-refractivity contribution is 7.64. The molecule has 1 aliphatic rings. The van der Waals surface area contributed by atoms with E-state index in [1.807, 2.05) is 0 Å². The smallest absolute Gasteiger partial charge is 0.127 e. The fourth-order valence-corrected chi connectivity index (χ4v) is 6.90. The molecule has 2 atom stereocenters. The lowest BCUT2D eigenvalue weighted by atomic mass is 9.92. The maximum Gasteiger partial charge on any atom is 0.127 e. The third kappa shape index (κ3) is 3.52. The molecule has 0 aliphatic heterocycles. The first-order valence-corrected chi connectivity index (χ1v) is 10.5. The van der Waals surface area contributed by atoms with Gasteiger partial charge in [-0.3, -0.25) is 4.67 Å². The van der Waals surface area contributed by atoms with Crippen LogP contribution >= 0.6 is 8.07 Å². The number of rotatable bonds is 6. The molecule has 0 saturated heterocycles. The topological polar surface area (TPSA) is 12.5 Å². The van der Waals surface area contributed by atoms with Crippen molar-refractivity contribution in [2.24, 2.45) is 0 Å². The maximum absolute atomic E-state index is 5.75. The van der Waals surface area contributed by atoms with Crippen LogP contribution in [0.25, 0.3) is 0 Å². The number of nitrogens with zero attached hydrogens (tertiary/aromatic N) is 1. The average molecular weight is 353 g/mol. The summed E-state index contributed by atoms with van der Waals surface area (Å²) < 4.78 is 8.37. The first-order chi connectivity index (χ1) is 12.2. The molecular formula is C22H28NOP. The Kier molecular flexibility index (Phi) is 5.93. The molecule has 2 unspecified atom stereocenters. The molecule has 3 heteroatoms. The van der Waals surface area contributed by atoms with Crippen molar-refractivity contribution in [1.82, 2.24) is 4.67 Å². The first kappa shape index (κ1) is 18.2. The van der Waals surface area contributed by atoms with E-state index in [0.29, 0.717) is 5.66 Å². The second-order valence-electron chi connectivity index (χ2n) is 6.41. The summed E-state index contributed by atoms with van der Waals surface area (Å²) in [6.07, 6.45) is 3.47. The van der Waals surface area contributed by atoms with Crippen LogP contribution in [0.3, 0.4) is 0 Å². The fourth-order valence-electron chi connectivity index (χ4n) is 3.74. The summed E-state index contributed by atoms with van der Waals surface area (Å²) in [6, 6.07) is 17.5. The summed E-state index contributed by atoms with van der Waals surface area (Å²) in [5, 5.41) is 1.35. The van der Waals surface area contributed by atoms with Crippen LogP contribution in [0.1, 0.15) is 37.6 Å². The maximum atomic E-state index is 5.75. The van der Waals surface area contributed by atoms with E-state index in [9.17, 15) is 0 Å². The number of methoxy groups -OCH3 is 1. The largest absolute Gasteiger partial charge is 0.496 e. The van der Waals surface area contributed by atoms with Gasteiger partial charge in [-0.2, -0.15) is 0 Å². The standard InChI is InChI=1S/C22H28NOP/c1-5-23(6-2)25(21-14-10-9-13-20(21)24-4)22-17(3)15-16-18-11-7-8-12-19(18)22/h7-15,22H,5-6,16H2,1-4H3. The summed E-state index contributed by atoms with van der Waals surface area (Å²) in [6.45, 7) is 8.93. The molecule has 2 nitrogen and oxygen atoms in total. The molecule has 0 fully saturated rings. The SMILES string of the molecule is CCN(CC)P(c1ccccc1OC)C1C(C)=CCc2ccccc21. The number of para-hydroxylation sites is 1. The van der Waals surface area contributed by atoms with Crippen LogP contribution in [-0.4, -0.2) is 24.9 Å². The molecule has 0 aromatic heterocycles. The summed E-state index contributed by atoms with van der Waals surface area (Å²) >= 11 is 0. The summed E-state index contributed by atoms with van der Waals surface area (Å²) in [7, 11) is 1.23. The van der Waals surface area contributed by atoms with Gasteiger partial charge in [0.1, 0.15) is 5.75 Å². The minimum Gasteiger partial charge on any atom is -0.496 e. The van der Waals surface area contributed by atoms with Gasteiger partial charge < -0.3 is 4.74 Å². The first-order valence-electron chi connectivity index (χ1n) is 9.12. The molecule has 1 aliphatic carbocycles. The van der Waals surface area contributed by atoms with Gasteiger partial charge in [-0.25, -0.2) is 0 Å². The third-order valence-electron chi connectivity index (χ3n) is 5.04. The van der Waals surface area contributed by atoms with Crippen molar-refractivity contribution in [3.63, 3.8) is 0 Å². The Morgan fingerprint density at radius 2 is 1.72 bits per heavy atom. The van der Waals surface area contributed by atoms with Crippen LogP contribution in [0.5, 0.6) is 5.75 Å². The van der Waals surface area contributed by atoms with E-state index < -0.39 is 8.07 Å². The lowest BCUT2D eigenvalue weighted by Gasteiger charge is -2.40. The molecule has 0 heterocycles. The van der Waals surface area contributed by atoms with Crippen LogP contribution in [0, 0.1) is 0 Å². The fraction of sp³-hybridized carbons (Fsp3) is 0.364. The van der Waals surface area contributed by atoms with E-state index in [4.69, 9.17) is 4.74 Å². The van der Waals surface area contributed by atoms with Crippen molar-refractivity contribution in [3.8, 4) is 5.75 Å². The molecule has 0 radical (unpaired) electrons. The predicted octanol–water partition coefficient (Wildman–Crippen LogP) is 5.30. The van der Waals surface area contributed by atoms with E-state index in [2.05, 4.69) is 80.0 Å². The molecule has 0 bridgehead atoms. The molecule has 2 aromatic rings. The van der Waals surface area contributed by atoms with Crippen LogP contribution in [0.15, 0.2) is 60.2 Å². The molecular weight excluding hydrogens is 325 g/mol. The lowest BCUT2D eigenvalue weighted by Crippen LogP contribution is -2.28. The van der Waals surface area contributed by atoms with Crippen LogP contribution in [0.4, 0.5) is 0 Å². The van der Waals surface area contributed by atoms with Gasteiger partial charge in [0.2, 0.25) is 0 Å². The van der Waals surface area contributed by atoms with Gasteiger partial charge in [0.15, 0.2) is 0 Å². The van der Waals surface area contributed by atoms with Crippen molar-refractivity contribution < 1.29 is 4.74 Å². The lowest BCUT2D eigenvalue weighted by molar-refractivity contribution is 0.417. The van der Waals surface area contributed by atoms with Gasteiger partial charge in [0.05, 0.1) is 7.11 Å². The molecule has 132 valence electrons. The van der Waals surface area contributed by atoms with Gasteiger partial charge in [0.25, 0.3) is 0 Å². The van der Waals surface area contributed by atoms with Crippen LogP contribution in [0.2, 0.25) is 0 Å². The zero-order chi connectivity index (χ0) is 17.8. The number of fused-ring (bicyclic) bond motifs is 1. The van der Waals surface area contributed by atoms with Crippen molar-refractivity contribution in [3.05, 3.63) is 71.3 Å². The number of allylic oxidation sites excluding steroid dienone is 2. The van der Waals surface area contributed by atoms with Crippen molar-refractivity contribution in [2.75, 3.05) is 20.2 Å². The normalized spacial score (nSPS) is 17.8. The number of ether oxygens (including phenoxy) is 1. The van der Waals surface area contributed by atoms with Crippen LogP contribution in [-0.2, 0) is 6.42 Å². The molecule has 2 aromatic carbocycles. The van der Waals surface area contributed by atoms with E-state index in [-0.39, 0.29) is 0 Å².